The number of hydrogen-bond acceptors (Lipinski definition) is 6. The standard InChI is InChI=1S/C34H29F2N5O4S/c1-34(2)39-25-14-13-24(38-31(25)28-16-20-23(36)7-6-8-26(20)41(28)34)21-15-22-29(17-27(21)40(4)46(5,43)44)45-32(30(22)33(42)37-3)18-9-11-19(35)12-10-18/h6-17,39H,1-5H3,(H,37,42). The average Bonchev–Trinajstić information content (AvgIpc) is 3.60. The Morgan fingerprint density at radius 1 is 1.02 bits per heavy atom. The first-order valence-corrected chi connectivity index (χ1v) is 16.3. The molecule has 0 radical (unpaired) electrons. The smallest absolute Gasteiger partial charge is 0.255 e. The van der Waals surface area contributed by atoms with Gasteiger partial charge in [0, 0.05) is 42.1 Å². The first kappa shape index (κ1) is 29.5. The number of hydrogen-bond donors (Lipinski definition) is 2. The van der Waals surface area contributed by atoms with E-state index in [0.29, 0.717) is 44.5 Å². The molecule has 7 rings (SSSR count). The fourth-order valence-electron chi connectivity index (χ4n) is 6.19. The number of anilines is 2. The molecular formula is C34H29F2N5O4S. The monoisotopic (exact) mass is 641 g/mol. The van der Waals surface area contributed by atoms with Crippen molar-refractivity contribution >= 4 is 49.2 Å². The van der Waals surface area contributed by atoms with Crippen LogP contribution >= 0.6 is 0 Å². The number of nitrogens with one attached hydrogen (secondary N) is 2. The molecule has 1 amide bonds. The first-order chi connectivity index (χ1) is 21.8. The molecule has 1 aliphatic heterocycles. The number of benzene rings is 3. The van der Waals surface area contributed by atoms with Crippen LogP contribution in [-0.4, -0.2) is 44.2 Å². The van der Waals surface area contributed by atoms with Gasteiger partial charge in [0.15, 0.2) is 0 Å². The van der Waals surface area contributed by atoms with Crippen molar-refractivity contribution in [1.29, 1.82) is 0 Å². The van der Waals surface area contributed by atoms with Gasteiger partial charge in [-0.3, -0.25) is 9.10 Å². The second-order valence-electron chi connectivity index (χ2n) is 11.8. The summed E-state index contributed by atoms with van der Waals surface area (Å²) in [5.41, 5.74) is 4.06. The molecule has 1 aliphatic rings. The summed E-state index contributed by atoms with van der Waals surface area (Å²) < 4.78 is 63.7. The quantitative estimate of drug-likeness (QED) is 0.211. The molecule has 6 aromatic rings. The van der Waals surface area contributed by atoms with E-state index in [-0.39, 0.29) is 28.4 Å². The predicted molar refractivity (Wildman–Crippen MR) is 175 cm³/mol. The predicted octanol–water partition coefficient (Wildman–Crippen LogP) is 6.94. The van der Waals surface area contributed by atoms with Crippen molar-refractivity contribution in [3.05, 3.63) is 90.0 Å². The average molecular weight is 642 g/mol. The molecule has 0 atom stereocenters. The van der Waals surface area contributed by atoms with Gasteiger partial charge in [-0.15, -0.1) is 0 Å². The van der Waals surface area contributed by atoms with Gasteiger partial charge in [0.25, 0.3) is 5.91 Å². The summed E-state index contributed by atoms with van der Waals surface area (Å²) in [7, 11) is -0.842. The number of aromatic nitrogens is 2. The zero-order chi connectivity index (χ0) is 32.7. The third kappa shape index (κ3) is 4.51. The summed E-state index contributed by atoms with van der Waals surface area (Å²) in [6.45, 7) is 3.98. The van der Waals surface area contributed by atoms with Crippen molar-refractivity contribution < 1.29 is 26.4 Å². The van der Waals surface area contributed by atoms with Gasteiger partial charge in [0.1, 0.15) is 34.3 Å². The highest BCUT2D eigenvalue weighted by molar-refractivity contribution is 7.92. The third-order valence-electron chi connectivity index (χ3n) is 8.41. The minimum atomic E-state index is -3.75. The molecular weight excluding hydrogens is 612 g/mol. The van der Waals surface area contributed by atoms with E-state index >= 15 is 0 Å². The van der Waals surface area contributed by atoms with Crippen LogP contribution in [0.25, 0.3) is 55.8 Å². The van der Waals surface area contributed by atoms with Crippen LogP contribution in [0.15, 0.2) is 77.2 Å². The number of carbonyl (C=O) groups excluding carboxylic acids is 1. The molecule has 0 spiro atoms. The highest BCUT2D eigenvalue weighted by atomic mass is 32.2. The van der Waals surface area contributed by atoms with Gasteiger partial charge in [0.05, 0.1) is 40.1 Å². The SMILES string of the molecule is CNC(=O)c1c(-c2ccc(F)cc2)oc2cc(N(C)S(C)(=O)=O)c(-c3ccc4c(n3)-c3cc5c(F)cccc5n3C(C)(C)N4)cc12. The molecule has 0 fully saturated rings. The molecule has 0 aliphatic carbocycles. The summed E-state index contributed by atoms with van der Waals surface area (Å²) >= 11 is 0. The molecule has 3 aromatic carbocycles. The minimum absolute atomic E-state index is 0.204. The maximum atomic E-state index is 14.9. The molecule has 4 heterocycles. The second-order valence-corrected chi connectivity index (χ2v) is 13.8. The second kappa shape index (κ2) is 10.1. The molecule has 0 unspecified atom stereocenters. The van der Waals surface area contributed by atoms with Gasteiger partial charge in [-0.05, 0) is 74.5 Å². The number of fused-ring (bicyclic) bond motifs is 6. The number of pyridine rings is 1. The van der Waals surface area contributed by atoms with E-state index in [1.165, 1.54) is 44.4 Å². The number of carbonyl (C=O) groups is 1. The van der Waals surface area contributed by atoms with Crippen LogP contribution in [0.5, 0.6) is 0 Å². The summed E-state index contributed by atoms with van der Waals surface area (Å²) in [6, 6.07) is 19.1. The fourth-order valence-corrected chi connectivity index (χ4v) is 6.70. The Morgan fingerprint density at radius 3 is 2.46 bits per heavy atom. The van der Waals surface area contributed by atoms with E-state index in [1.807, 2.05) is 30.5 Å². The lowest BCUT2D eigenvalue weighted by Crippen LogP contribution is -2.38. The van der Waals surface area contributed by atoms with Gasteiger partial charge in [-0.2, -0.15) is 0 Å². The van der Waals surface area contributed by atoms with E-state index in [2.05, 4.69) is 10.6 Å². The molecule has 234 valence electrons. The lowest BCUT2D eigenvalue weighted by atomic mass is 10.00. The van der Waals surface area contributed by atoms with Crippen molar-refractivity contribution in [3.63, 3.8) is 0 Å². The number of sulfonamides is 1. The Kier molecular flexibility index (Phi) is 6.50. The van der Waals surface area contributed by atoms with Crippen molar-refractivity contribution in [1.82, 2.24) is 14.9 Å². The van der Waals surface area contributed by atoms with Crippen LogP contribution in [0.2, 0.25) is 0 Å². The summed E-state index contributed by atoms with van der Waals surface area (Å²) in [6.07, 6.45) is 1.09. The Balaban J connectivity index is 1.51. The molecule has 2 N–H and O–H groups in total. The number of nitrogens with zero attached hydrogens (tertiary/aromatic N) is 3. The first-order valence-electron chi connectivity index (χ1n) is 14.4. The maximum absolute atomic E-state index is 14.9. The van der Waals surface area contributed by atoms with E-state index < -0.39 is 27.4 Å². The summed E-state index contributed by atoms with van der Waals surface area (Å²) in [5.74, 6) is -1.03. The van der Waals surface area contributed by atoms with Crippen molar-refractivity contribution in [3.8, 4) is 34.0 Å². The number of rotatable bonds is 5. The van der Waals surface area contributed by atoms with Crippen LogP contribution in [0.1, 0.15) is 24.2 Å². The highest BCUT2D eigenvalue weighted by Gasteiger charge is 2.34. The Labute approximate surface area is 263 Å². The van der Waals surface area contributed by atoms with Gasteiger partial charge in [0.2, 0.25) is 10.0 Å². The van der Waals surface area contributed by atoms with Gasteiger partial charge in [-0.1, -0.05) is 6.07 Å². The molecule has 0 saturated carbocycles. The van der Waals surface area contributed by atoms with Crippen LogP contribution in [0.3, 0.4) is 0 Å². The Bertz CT molecular complexity index is 2340. The maximum Gasteiger partial charge on any atom is 0.255 e. The number of furan rings is 1. The van der Waals surface area contributed by atoms with Gasteiger partial charge in [-0.25, -0.2) is 22.2 Å². The molecule has 12 heteroatoms. The van der Waals surface area contributed by atoms with Crippen LogP contribution < -0.4 is 14.9 Å². The third-order valence-corrected chi connectivity index (χ3v) is 9.60. The van der Waals surface area contributed by atoms with Gasteiger partial charge >= 0.3 is 0 Å². The van der Waals surface area contributed by atoms with Crippen molar-refractivity contribution in [2.45, 2.75) is 19.5 Å². The lowest BCUT2D eigenvalue weighted by molar-refractivity contribution is 0.0964. The normalized spacial score (nSPS) is 13.7. The van der Waals surface area contributed by atoms with Crippen LogP contribution in [0.4, 0.5) is 20.2 Å². The van der Waals surface area contributed by atoms with Crippen LogP contribution in [0, 0.1) is 11.6 Å². The number of amides is 1. The van der Waals surface area contributed by atoms with E-state index in [4.69, 9.17) is 9.40 Å². The lowest BCUT2D eigenvalue weighted by Gasteiger charge is -2.37. The Hall–Kier alpha value is -5.23. The number of halogens is 2. The minimum Gasteiger partial charge on any atom is -0.455 e. The molecule has 3 aromatic heterocycles. The molecule has 9 nitrogen and oxygen atoms in total. The van der Waals surface area contributed by atoms with Crippen molar-refractivity contribution in [2.75, 3.05) is 30.0 Å². The van der Waals surface area contributed by atoms with Crippen molar-refractivity contribution in [2.24, 2.45) is 0 Å². The topological polar surface area (TPSA) is 109 Å². The van der Waals surface area contributed by atoms with Crippen LogP contribution in [-0.2, 0) is 15.7 Å². The fraction of sp³-hybridized carbons (Fsp3) is 0.176. The zero-order valence-electron chi connectivity index (χ0n) is 25.6. The molecule has 0 saturated heterocycles. The van der Waals surface area contributed by atoms with E-state index in [0.717, 1.165) is 16.2 Å². The summed E-state index contributed by atoms with van der Waals surface area (Å²) in [5, 5.41) is 7.00. The van der Waals surface area contributed by atoms with Gasteiger partial charge < -0.3 is 19.6 Å². The molecule has 46 heavy (non-hydrogen) atoms. The molecule has 0 bridgehead atoms. The highest BCUT2D eigenvalue weighted by Crippen LogP contribution is 2.45. The Morgan fingerprint density at radius 2 is 1.76 bits per heavy atom. The van der Waals surface area contributed by atoms with E-state index in [9.17, 15) is 22.0 Å². The largest absolute Gasteiger partial charge is 0.455 e. The zero-order valence-corrected chi connectivity index (χ0v) is 26.4. The van der Waals surface area contributed by atoms with E-state index in [1.54, 1.807) is 30.3 Å². The summed E-state index contributed by atoms with van der Waals surface area (Å²) in [4.78, 5) is 18.3.